The summed E-state index contributed by atoms with van der Waals surface area (Å²) in [7, 11) is 3.47. The van der Waals surface area contributed by atoms with Gasteiger partial charge in [0.15, 0.2) is 0 Å². The highest BCUT2D eigenvalue weighted by atomic mass is 32.1. The van der Waals surface area contributed by atoms with Crippen molar-refractivity contribution < 1.29 is 9.53 Å². The number of amides is 1. The van der Waals surface area contributed by atoms with Crippen LogP contribution in [-0.2, 0) is 9.53 Å². The van der Waals surface area contributed by atoms with Crippen LogP contribution in [0.3, 0.4) is 0 Å². The normalized spacial score (nSPS) is 11.8. The molecule has 0 saturated heterocycles. The zero-order chi connectivity index (χ0) is 15.1. The number of carbonyl (C=O) groups excluding carboxylic acids is 1. The molecule has 0 aliphatic heterocycles. The SMILES string of the molecule is COCC(C)NC(=O)CN(C)c1ccc(C(N)=S)cc1. The molecule has 0 fully saturated rings. The fourth-order valence-electron chi connectivity index (χ4n) is 1.80. The molecule has 0 saturated carbocycles. The van der Waals surface area contributed by atoms with Crippen LogP contribution >= 0.6 is 12.2 Å². The number of methoxy groups -OCH3 is 1. The number of hydrogen-bond donors (Lipinski definition) is 2. The fraction of sp³-hybridized carbons (Fsp3) is 0.429. The van der Waals surface area contributed by atoms with Gasteiger partial charge in [-0.3, -0.25) is 4.79 Å². The lowest BCUT2D eigenvalue weighted by Crippen LogP contribution is -2.41. The van der Waals surface area contributed by atoms with Gasteiger partial charge in [-0.1, -0.05) is 12.2 Å². The minimum atomic E-state index is -0.0459. The van der Waals surface area contributed by atoms with E-state index >= 15 is 0 Å². The number of hydrogen-bond acceptors (Lipinski definition) is 4. The summed E-state index contributed by atoms with van der Waals surface area (Å²) < 4.78 is 4.98. The fourth-order valence-corrected chi connectivity index (χ4v) is 1.94. The molecule has 0 radical (unpaired) electrons. The Kier molecular flexibility index (Phi) is 6.41. The molecule has 0 aliphatic rings. The third kappa shape index (κ3) is 5.14. The molecule has 1 aromatic rings. The van der Waals surface area contributed by atoms with Crippen LogP contribution in [0.25, 0.3) is 0 Å². The van der Waals surface area contributed by atoms with Crippen LogP contribution in [0.2, 0.25) is 0 Å². The number of carbonyl (C=O) groups is 1. The summed E-state index contributed by atoms with van der Waals surface area (Å²) in [6.45, 7) is 2.68. The van der Waals surface area contributed by atoms with Crippen LogP contribution < -0.4 is 16.0 Å². The van der Waals surface area contributed by atoms with Crippen molar-refractivity contribution in [1.82, 2.24) is 5.32 Å². The lowest BCUT2D eigenvalue weighted by Gasteiger charge is -2.20. The molecule has 5 nitrogen and oxygen atoms in total. The second-order valence-corrected chi connectivity index (χ2v) is 5.13. The largest absolute Gasteiger partial charge is 0.389 e. The van der Waals surface area contributed by atoms with Gasteiger partial charge in [0.1, 0.15) is 4.99 Å². The predicted molar refractivity (Wildman–Crippen MR) is 85.1 cm³/mol. The lowest BCUT2D eigenvalue weighted by atomic mass is 10.2. The van der Waals surface area contributed by atoms with E-state index in [2.05, 4.69) is 5.32 Å². The Bertz CT molecular complexity index is 462. The Morgan fingerprint density at radius 1 is 1.45 bits per heavy atom. The molecule has 6 heteroatoms. The molecule has 1 amide bonds. The van der Waals surface area contributed by atoms with Gasteiger partial charge in [0.05, 0.1) is 13.2 Å². The van der Waals surface area contributed by atoms with Crippen molar-refractivity contribution in [3.63, 3.8) is 0 Å². The molecule has 110 valence electrons. The minimum Gasteiger partial charge on any atom is -0.389 e. The molecule has 1 aromatic carbocycles. The topological polar surface area (TPSA) is 67.6 Å². The summed E-state index contributed by atoms with van der Waals surface area (Å²) in [5.41, 5.74) is 7.29. The van der Waals surface area contributed by atoms with Gasteiger partial charge in [-0.25, -0.2) is 0 Å². The summed E-state index contributed by atoms with van der Waals surface area (Å²) >= 11 is 4.90. The summed E-state index contributed by atoms with van der Waals surface area (Å²) in [5.74, 6) is -0.0459. The van der Waals surface area contributed by atoms with Gasteiger partial charge in [-0.15, -0.1) is 0 Å². The number of likely N-dealkylation sites (N-methyl/N-ethyl adjacent to an activating group) is 1. The molecule has 0 aromatic heterocycles. The van der Waals surface area contributed by atoms with E-state index in [9.17, 15) is 4.79 Å². The van der Waals surface area contributed by atoms with Crippen molar-refractivity contribution in [3.05, 3.63) is 29.8 Å². The molecule has 0 heterocycles. The smallest absolute Gasteiger partial charge is 0.239 e. The zero-order valence-corrected chi connectivity index (χ0v) is 12.9. The third-order valence-corrected chi connectivity index (χ3v) is 3.03. The number of thiocarbonyl (C=S) groups is 1. The Morgan fingerprint density at radius 3 is 2.55 bits per heavy atom. The van der Waals surface area contributed by atoms with Crippen molar-refractivity contribution in [2.24, 2.45) is 5.73 Å². The van der Waals surface area contributed by atoms with E-state index in [4.69, 9.17) is 22.7 Å². The highest BCUT2D eigenvalue weighted by Crippen LogP contribution is 2.13. The van der Waals surface area contributed by atoms with E-state index in [-0.39, 0.29) is 18.5 Å². The molecule has 0 spiro atoms. The zero-order valence-electron chi connectivity index (χ0n) is 12.1. The molecule has 3 N–H and O–H groups in total. The molecule has 1 rings (SSSR count). The number of ether oxygens (including phenoxy) is 1. The second-order valence-electron chi connectivity index (χ2n) is 4.69. The first kappa shape index (κ1) is 16.4. The summed E-state index contributed by atoms with van der Waals surface area (Å²) in [6, 6.07) is 7.47. The summed E-state index contributed by atoms with van der Waals surface area (Å²) in [5, 5.41) is 2.86. The van der Waals surface area contributed by atoms with Gasteiger partial charge in [0.25, 0.3) is 0 Å². The number of anilines is 1. The van der Waals surface area contributed by atoms with E-state index in [0.29, 0.717) is 11.6 Å². The Labute approximate surface area is 125 Å². The van der Waals surface area contributed by atoms with Crippen molar-refractivity contribution in [1.29, 1.82) is 0 Å². The van der Waals surface area contributed by atoms with E-state index in [1.807, 2.05) is 43.1 Å². The van der Waals surface area contributed by atoms with Gasteiger partial charge in [0, 0.05) is 31.5 Å². The van der Waals surface area contributed by atoms with Gasteiger partial charge in [-0.05, 0) is 31.2 Å². The van der Waals surface area contributed by atoms with Gasteiger partial charge >= 0.3 is 0 Å². The van der Waals surface area contributed by atoms with Gasteiger partial charge < -0.3 is 20.7 Å². The van der Waals surface area contributed by atoms with Crippen LogP contribution in [-0.4, -0.2) is 44.2 Å². The maximum absolute atomic E-state index is 11.8. The van der Waals surface area contributed by atoms with E-state index < -0.39 is 0 Å². The van der Waals surface area contributed by atoms with Crippen molar-refractivity contribution in [3.8, 4) is 0 Å². The quantitative estimate of drug-likeness (QED) is 0.732. The molecule has 1 atom stereocenters. The average Bonchev–Trinajstić information content (AvgIpc) is 2.38. The number of benzene rings is 1. The molecular weight excluding hydrogens is 274 g/mol. The molecule has 0 aliphatic carbocycles. The van der Waals surface area contributed by atoms with Crippen LogP contribution in [0, 0.1) is 0 Å². The predicted octanol–water partition coefficient (Wildman–Crippen LogP) is 0.908. The number of nitrogens with two attached hydrogens (primary N) is 1. The first-order valence-corrected chi connectivity index (χ1v) is 6.74. The first-order valence-electron chi connectivity index (χ1n) is 6.33. The van der Waals surface area contributed by atoms with Crippen molar-refractivity contribution in [2.45, 2.75) is 13.0 Å². The highest BCUT2D eigenvalue weighted by molar-refractivity contribution is 7.80. The standard InChI is InChI=1S/C14H21N3O2S/c1-10(9-19-3)16-13(18)8-17(2)12-6-4-11(5-7-12)14(15)20/h4-7,10H,8-9H2,1-3H3,(H2,15,20)(H,16,18). The van der Waals surface area contributed by atoms with Crippen molar-refractivity contribution >= 4 is 28.8 Å². The molecule has 20 heavy (non-hydrogen) atoms. The second kappa shape index (κ2) is 7.81. The van der Waals surface area contributed by atoms with Crippen LogP contribution in [0.5, 0.6) is 0 Å². The Morgan fingerprint density at radius 2 is 2.05 bits per heavy atom. The van der Waals surface area contributed by atoms with Gasteiger partial charge in [-0.2, -0.15) is 0 Å². The summed E-state index contributed by atoms with van der Waals surface area (Å²) in [6.07, 6.45) is 0. The van der Waals surface area contributed by atoms with E-state index in [0.717, 1.165) is 11.3 Å². The average molecular weight is 295 g/mol. The number of rotatable bonds is 7. The van der Waals surface area contributed by atoms with Crippen molar-refractivity contribution in [2.75, 3.05) is 32.2 Å². The first-order chi connectivity index (χ1) is 9.43. The maximum Gasteiger partial charge on any atom is 0.239 e. The van der Waals surface area contributed by atoms with Crippen LogP contribution in [0.4, 0.5) is 5.69 Å². The molecule has 1 unspecified atom stereocenters. The Balaban J connectivity index is 2.55. The molecule has 0 bridgehead atoms. The number of nitrogens with zero attached hydrogens (tertiary/aromatic N) is 1. The van der Waals surface area contributed by atoms with Crippen LogP contribution in [0.1, 0.15) is 12.5 Å². The monoisotopic (exact) mass is 295 g/mol. The molecular formula is C14H21N3O2S. The number of nitrogens with one attached hydrogen (secondary N) is 1. The Hall–Kier alpha value is -1.66. The third-order valence-electron chi connectivity index (χ3n) is 2.80. The van der Waals surface area contributed by atoms with Gasteiger partial charge in [0.2, 0.25) is 5.91 Å². The van der Waals surface area contributed by atoms with E-state index in [1.165, 1.54) is 0 Å². The summed E-state index contributed by atoms with van der Waals surface area (Å²) in [4.78, 5) is 14.1. The minimum absolute atomic E-state index is 0.00195. The van der Waals surface area contributed by atoms with E-state index in [1.54, 1.807) is 7.11 Å². The highest BCUT2D eigenvalue weighted by Gasteiger charge is 2.10. The lowest BCUT2D eigenvalue weighted by molar-refractivity contribution is -0.120. The van der Waals surface area contributed by atoms with Crippen LogP contribution in [0.15, 0.2) is 24.3 Å². The maximum atomic E-state index is 11.8.